The highest BCUT2D eigenvalue weighted by Crippen LogP contribution is 2.48. The van der Waals surface area contributed by atoms with E-state index in [2.05, 4.69) is 20.4 Å². The van der Waals surface area contributed by atoms with Gasteiger partial charge in [0.1, 0.15) is 30.5 Å². The maximum atomic E-state index is 13.3. The first-order valence-electron chi connectivity index (χ1n) is 14.7. The summed E-state index contributed by atoms with van der Waals surface area (Å²) >= 11 is 6.21. The highest BCUT2D eigenvalue weighted by Gasteiger charge is 2.45. The van der Waals surface area contributed by atoms with Gasteiger partial charge in [-0.05, 0) is 52.1 Å². The van der Waals surface area contributed by atoms with E-state index in [0.29, 0.717) is 11.2 Å². The number of nitrogens with one attached hydrogen (secondary N) is 1. The van der Waals surface area contributed by atoms with Crippen molar-refractivity contribution < 1.29 is 61.8 Å². The van der Waals surface area contributed by atoms with Gasteiger partial charge in [0.25, 0.3) is 0 Å². The Bertz CT molecular complexity index is 1340. The molecule has 2 aliphatic rings. The lowest BCUT2D eigenvalue weighted by atomic mass is 10.1. The summed E-state index contributed by atoms with van der Waals surface area (Å²) in [6.45, 7) is 4.30. The van der Waals surface area contributed by atoms with Gasteiger partial charge in [-0.25, -0.2) is 14.3 Å². The van der Waals surface area contributed by atoms with E-state index < -0.39 is 83.2 Å². The summed E-state index contributed by atoms with van der Waals surface area (Å²) in [5.41, 5.74) is 0.275. The molecule has 258 valence electrons. The maximum absolute atomic E-state index is 13.3. The van der Waals surface area contributed by atoms with E-state index in [1.165, 1.54) is 10.9 Å². The normalized spacial score (nSPS) is 22.1. The number of halogens is 1. The average Bonchev–Trinajstić information content (AvgIpc) is 3.69. The van der Waals surface area contributed by atoms with Crippen LogP contribution in [0.4, 0.5) is 15.4 Å². The Morgan fingerprint density at radius 2 is 1.65 bits per heavy atom. The molecule has 1 aliphatic heterocycles. The summed E-state index contributed by atoms with van der Waals surface area (Å²) < 4.78 is 55.2. The minimum atomic E-state index is -4.26. The van der Waals surface area contributed by atoms with Gasteiger partial charge >= 0.3 is 19.9 Å². The highest BCUT2D eigenvalue weighted by atomic mass is 35.5. The molecule has 1 saturated heterocycles. The molecule has 20 heteroatoms. The topological polar surface area (TPSA) is 221 Å². The van der Waals surface area contributed by atoms with Crippen LogP contribution in [0.3, 0.4) is 0 Å². The number of hydrogen-bond acceptors (Lipinski definition) is 17. The number of hydrogen-bond donors (Lipinski definition) is 3. The number of anilines is 1. The van der Waals surface area contributed by atoms with Crippen LogP contribution in [0.15, 0.2) is 6.20 Å². The van der Waals surface area contributed by atoms with Gasteiger partial charge in [-0.15, -0.1) is 0 Å². The average molecular weight is 696 g/mol. The molecule has 0 aromatic carbocycles. The van der Waals surface area contributed by atoms with Gasteiger partial charge in [0.15, 0.2) is 11.9 Å². The van der Waals surface area contributed by atoms with Crippen molar-refractivity contribution in [3.8, 4) is 0 Å². The van der Waals surface area contributed by atoms with Gasteiger partial charge in [0.05, 0.1) is 30.4 Å². The van der Waals surface area contributed by atoms with Crippen molar-refractivity contribution in [3.63, 3.8) is 0 Å². The van der Waals surface area contributed by atoms with Crippen molar-refractivity contribution in [3.05, 3.63) is 11.5 Å². The summed E-state index contributed by atoms with van der Waals surface area (Å²) in [7, 11) is -4.26. The van der Waals surface area contributed by atoms with Crippen LogP contribution < -0.4 is 5.32 Å². The molecule has 0 amide bonds. The number of carbonyl (C=O) groups excluding carboxylic acids is 2. The summed E-state index contributed by atoms with van der Waals surface area (Å²) in [5.74, 6) is 0.500. The first-order valence-corrected chi connectivity index (χ1v) is 16.8. The zero-order chi connectivity index (χ0) is 33.4. The fraction of sp³-hybridized carbons (Fsp3) is 0.731. The lowest BCUT2D eigenvalue weighted by Gasteiger charge is -2.20. The Balaban J connectivity index is 1.38. The fourth-order valence-electron chi connectivity index (χ4n) is 4.68. The first-order chi connectivity index (χ1) is 21.8. The Kier molecular flexibility index (Phi) is 12.8. The van der Waals surface area contributed by atoms with E-state index >= 15 is 0 Å². The molecule has 2 aromatic heterocycles. The van der Waals surface area contributed by atoms with E-state index in [-0.39, 0.29) is 17.0 Å². The second-order valence-corrected chi connectivity index (χ2v) is 13.4. The van der Waals surface area contributed by atoms with Crippen LogP contribution in [0.25, 0.3) is 11.0 Å². The van der Waals surface area contributed by atoms with Crippen LogP contribution in [0, 0.1) is 0 Å². The number of aromatic nitrogens is 4. The molecule has 0 spiro atoms. The zero-order valence-corrected chi connectivity index (χ0v) is 27.4. The molecule has 1 saturated carbocycles. The predicted molar refractivity (Wildman–Crippen MR) is 158 cm³/mol. The molecule has 18 nitrogen and oxygen atoms in total. The van der Waals surface area contributed by atoms with Crippen molar-refractivity contribution in [2.45, 2.75) is 96.2 Å². The monoisotopic (exact) mass is 695 g/mol. The molecule has 46 heavy (non-hydrogen) atoms. The third-order valence-corrected chi connectivity index (χ3v) is 8.41. The minimum absolute atomic E-state index is 0.0405. The van der Waals surface area contributed by atoms with Crippen LogP contribution in [0.1, 0.15) is 59.6 Å². The van der Waals surface area contributed by atoms with Crippen molar-refractivity contribution >= 4 is 48.4 Å². The second kappa shape index (κ2) is 16.3. The molecular formula is C26H39ClN5O13P. The smallest absolute Gasteiger partial charge is 0.432 e. The maximum Gasteiger partial charge on any atom is 0.510 e. The van der Waals surface area contributed by atoms with E-state index in [4.69, 9.17) is 49.1 Å². The zero-order valence-electron chi connectivity index (χ0n) is 25.8. The third-order valence-electron chi connectivity index (χ3n) is 6.75. The Labute approximate surface area is 269 Å². The number of carbonyl (C=O) groups is 2. The predicted octanol–water partition coefficient (Wildman–Crippen LogP) is 3.69. The lowest BCUT2D eigenvalue weighted by molar-refractivity contribution is -0.0691. The molecule has 0 radical (unpaired) electrons. The van der Waals surface area contributed by atoms with Crippen LogP contribution in [-0.4, -0.2) is 105 Å². The first kappa shape index (κ1) is 36.0. The van der Waals surface area contributed by atoms with Crippen molar-refractivity contribution in [2.24, 2.45) is 0 Å². The van der Waals surface area contributed by atoms with Gasteiger partial charge in [-0.3, -0.25) is 13.6 Å². The Morgan fingerprint density at radius 1 is 1.04 bits per heavy atom. The van der Waals surface area contributed by atoms with Crippen molar-refractivity contribution in [1.82, 2.24) is 19.7 Å². The van der Waals surface area contributed by atoms with Gasteiger partial charge in [-0.1, -0.05) is 12.8 Å². The van der Waals surface area contributed by atoms with Gasteiger partial charge < -0.3 is 44.0 Å². The lowest BCUT2D eigenvalue weighted by Crippen LogP contribution is -2.34. The van der Waals surface area contributed by atoms with Gasteiger partial charge in [0, 0.05) is 6.04 Å². The largest absolute Gasteiger partial charge is 0.510 e. The quantitative estimate of drug-likeness (QED) is 0.105. The van der Waals surface area contributed by atoms with E-state index in [1.54, 1.807) is 27.7 Å². The standard InChI is InChI=1S/C26H39ClN5O13P/c1-14(2)43-25(35)39-11-41-46(37,42-12-40-26(36)44-15(3)4)13-38-10-18-19(33)20(34)23(45-18)32-22-17(9-28-32)21(30-24(27)31-22)29-16-7-5-6-8-16/h9,14-16,18-20,23,33-34H,5-8,10-13H2,1-4H3,(H,29,30,31)/t18-,19-,20-,23-/m1/s1. The summed E-state index contributed by atoms with van der Waals surface area (Å²) in [4.78, 5) is 31.9. The summed E-state index contributed by atoms with van der Waals surface area (Å²) in [6.07, 6.45) is -3.39. The van der Waals surface area contributed by atoms with Crippen molar-refractivity contribution in [2.75, 3.05) is 31.9 Å². The van der Waals surface area contributed by atoms with Gasteiger partial charge in [0.2, 0.25) is 18.9 Å². The number of aliphatic hydroxyl groups is 2. The molecule has 0 unspecified atom stereocenters. The molecule has 3 N–H and O–H groups in total. The molecule has 2 fully saturated rings. The van der Waals surface area contributed by atoms with E-state index in [0.717, 1.165) is 25.7 Å². The molecule has 4 atom stereocenters. The van der Waals surface area contributed by atoms with E-state index in [9.17, 15) is 24.4 Å². The van der Waals surface area contributed by atoms with Crippen LogP contribution in [-0.2, 0) is 42.0 Å². The van der Waals surface area contributed by atoms with E-state index in [1.807, 2.05) is 0 Å². The molecule has 0 bridgehead atoms. The SMILES string of the molecule is CC(C)OC(=O)OCOP(=O)(COC[C@H]1O[C@@H](n2ncc3c(NC4CCCC4)nc(Cl)nc32)[C@H](O)[C@@H]1O)OCOC(=O)OC(C)C. The second-order valence-electron chi connectivity index (χ2n) is 11.1. The number of aliphatic hydroxyl groups excluding tert-OH is 2. The van der Waals surface area contributed by atoms with Crippen LogP contribution in [0.5, 0.6) is 0 Å². The van der Waals surface area contributed by atoms with Crippen molar-refractivity contribution in [1.29, 1.82) is 0 Å². The fourth-order valence-corrected chi connectivity index (χ4v) is 5.83. The summed E-state index contributed by atoms with van der Waals surface area (Å²) in [5, 5.41) is 29.8. The molecule has 4 rings (SSSR count). The Morgan fingerprint density at radius 3 is 2.24 bits per heavy atom. The molecule has 2 aromatic rings. The summed E-state index contributed by atoms with van der Waals surface area (Å²) in [6, 6.07) is 0.235. The van der Waals surface area contributed by atoms with Crippen LogP contribution in [0.2, 0.25) is 5.28 Å². The number of rotatable bonds is 15. The van der Waals surface area contributed by atoms with Gasteiger partial charge in [-0.2, -0.15) is 15.1 Å². The molecular weight excluding hydrogens is 657 g/mol. The third kappa shape index (κ3) is 9.84. The highest BCUT2D eigenvalue weighted by molar-refractivity contribution is 7.53. The number of ether oxygens (including phenoxy) is 6. The molecule has 3 heterocycles. The number of nitrogens with zero attached hydrogens (tertiary/aromatic N) is 4. The van der Waals surface area contributed by atoms with Crippen LogP contribution >= 0.6 is 19.2 Å². The Hall–Kier alpha value is -2.83. The number of fused-ring (bicyclic) bond motifs is 1. The minimum Gasteiger partial charge on any atom is -0.432 e. The molecule has 1 aliphatic carbocycles.